The van der Waals surface area contributed by atoms with Gasteiger partial charge in [0, 0.05) is 12.2 Å². The molecule has 2 rings (SSSR count). The van der Waals surface area contributed by atoms with Crippen LogP contribution in [-0.4, -0.2) is 21.5 Å². The van der Waals surface area contributed by atoms with Crippen LogP contribution in [0.5, 0.6) is 0 Å². The number of nitrogens with zero attached hydrogens (tertiary/aromatic N) is 4. The molecule has 0 amide bonds. The second kappa shape index (κ2) is 7.01. The number of nitrogens with one attached hydrogen (secondary N) is 2. The molecule has 0 spiro atoms. The third kappa shape index (κ3) is 4.58. The van der Waals surface area contributed by atoms with Crippen LogP contribution in [0.3, 0.4) is 0 Å². The molecule has 0 aliphatic heterocycles. The van der Waals surface area contributed by atoms with Gasteiger partial charge in [0.05, 0.1) is 0 Å². The monoisotopic (exact) mass is 280 g/mol. The molecule has 2 aromatic rings. The van der Waals surface area contributed by atoms with Gasteiger partial charge >= 0.3 is 0 Å². The van der Waals surface area contributed by atoms with E-state index in [2.05, 4.69) is 25.6 Å². The van der Waals surface area contributed by atoms with E-state index in [-0.39, 0.29) is 5.82 Å². The van der Waals surface area contributed by atoms with Gasteiger partial charge in [-0.25, -0.2) is 0 Å². The number of hydrogen-bond acceptors (Lipinski definition) is 6. The Morgan fingerprint density at radius 3 is 2.52 bits per heavy atom. The Kier molecular flexibility index (Phi) is 4.83. The molecule has 2 N–H and O–H groups in total. The second-order valence-electron chi connectivity index (χ2n) is 4.57. The fraction of sp³-hybridized carbons (Fsp3) is 0.200. The number of hydrogen-bond donors (Lipinski definition) is 2. The summed E-state index contributed by atoms with van der Waals surface area (Å²) in [7, 11) is 0. The molecule has 6 heteroatoms. The van der Waals surface area contributed by atoms with Crippen molar-refractivity contribution in [2.75, 3.05) is 17.2 Å². The van der Waals surface area contributed by atoms with Crippen molar-refractivity contribution in [2.24, 2.45) is 0 Å². The van der Waals surface area contributed by atoms with Crippen LogP contribution in [-0.2, 0) is 0 Å². The van der Waals surface area contributed by atoms with Crippen molar-refractivity contribution in [3.8, 4) is 6.07 Å². The molecular formula is C15H16N6. The first-order valence-electron chi connectivity index (χ1n) is 6.53. The topological polar surface area (TPSA) is 86.5 Å². The molecule has 0 bridgehead atoms. The zero-order valence-corrected chi connectivity index (χ0v) is 12.0. The van der Waals surface area contributed by atoms with E-state index in [1.165, 1.54) is 5.57 Å². The van der Waals surface area contributed by atoms with Gasteiger partial charge < -0.3 is 10.6 Å². The van der Waals surface area contributed by atoms with Crippen LogP contribution < -0.4 is 10.6 Å². The minimum absolute atomic E-state index is 0.0723. The highest BCUT2D eigenvalue weighted by atomic mass is 15.2. The zero-order chi connectivity index (χ0) is 15.1. The smallest absolute Gasteiger partial charge is 0.238 e. The number of rotatable bonds is 5. The van der Waals surface area contributed by atoms with Gasteiger partial charge in [-0.3, -0.25) is 0 Å². The minimum Gasteiger partial charge on any atom is -0.351 e. The highest BCUT2D eigenvalue weighted by Crippen LogP contribution is 2.13. The number of aromatic nitrogens is 3. The van der Waals surface area contributed by atoms with Gasteiger partial charge in [0.2, 0.25) is 17.7 Å². The Balaban J connectivity index is 2.18. The normalized spacial score (nSPS) is 9.57. The molecule has 0 aliphatic carbocycles. The molecule has 0 atom stereocenters. The maximum absolute atomic E-state index is 9.00. The van der Waals surface area contributed by atoms with E-state index in [1.807, 2.05) is 56.3 Å². The number of anilines is 3. The molecule has 0 radical (unpaired) electrons. The van der Waals surface area contributed by atoms with E-state index in [0.717, 1.165) is 5.69 Å². The van der Waals surface area contributed by atoms with Crippen molar-refractivity contribution in [3.63, 3.8) is 0 Å². The summed E-state index contributed by atoms with van der Waals surface area (Å²) in [5.41, 5.74) is 2.04. The van der Waals surface area contributed by atoms with Crippen LogP contribution in [0, 0.1) is 11.3 Å². The molecule has 6 nitrogen and oxygen atoms in total. The molecule has 1 aromatic heterocycles. The summed E-state index contributed by atoms with van der Waals surface area (Å²) in [6, 6.07) is 11.5. The Bertz CT molecular complexity index is 668. The average molecular weight is 280 g/mol. The fourth-order valence-electron chi connectivity index (χ4n) is 1.56. The fourth-order valence-corrected chi connectivity index (χ4v) is 1.56. The zero-order valence-electron chi connectivity index (χ0n) is 12.0. The van der Waals surface area contributed by atoms with Gasteiger partial charge in [-0.2, -0.15) is 20.2 Å². The minimum atomic E-state index is 0.0723. The van der Waals surface area contributed by atoms with E-state index >= 15 is 0 Å². The first-order chi connectivity index (χ1) is 10.2. The first kappa shape index (κ1) is 14.5. The Hall–Kier alpha value is -2.94. The highest BCUT2D eigenvalue weighted by Gasteiger charge is 2.05. The molecule has 1 heterocycles. The van der Waals surface area contributed by atoms with E-state index < -0.39 is 0 Å². The van der Waals surface area contributed by atoms with Crippen molar-refractivity contribution >= 4 is 17.6 Å². The van der Waals surface area contributed by atoms with Crippen molar-refractivity contribution in [1.82, 2.24) is 15.0 Å². The quantitative estimate of drug-likeness (QED) is 0.819. The standard InChI is InChI=1S/C15H16N6/c1-11(2)8-9-17-14-19-13(10-16)20-15(21-14)18-12-6-4-3-5-7-12/h3-8H,9H2,1-2H3,(H2,17,18,19,20,21). The van der Waals surface area contributed by atoms with Crippen LogP contribution in [0.15, 0.2) is 42.0 Å². The summed E-state index contributed by atoms with van der Waals surface area (Å²) in [4.78, 5) is 12.3. The molecule has 0 saturated heterocycles. The predicted molar refractivity (Wildman–Crippen MR) is 82.2 cm³/mol. The van der Waals surface area contributed by atoms with Crippen LogP contribution in [0.4, 0.5) is 17.6 Å². The van der Waals surface area contributed by atoms with Crippen molar-refractivity contribution < 1.29 is 0 Å². The highest BCUT2D eigenvalue weighted by molar-refractivity contribution is 5.54. The number of allylic oxidation sites excluding steroid dienone is 1. The first-order valence-corrected chi connectivity index (χ1v) is 6.53. The molecule has 0 unspecified atom stereocenters. The summed E-state index contributed by atoms with van der Waals surface area (Å²) >= 11 is 0. The maximum Gasteiger partial charge on any atom is 0.238 e. The molecule has 1 aromatic carbocycles. The molecule has 21 heavy (non-hydrogen) atoms. The Labute approximate surface area is 123 Å². The van der Waals surface area contributed by atoms with E-state index in [4.69, 9.17) is 5.26 Å². The lowest BCUT2D eigenvalue weighted by Gasteiger charge is -2.07. The lowest BCUT2D eigenvalue weighted by atomic mass is 10.3. The van der Waals surface area contributed by atoms with Gasteiger partial charge in [-0.1, -0.05) is 29.8 Å². The van der Waals surface area contributed by atoms with Crippen molar-refractivity contribution in [1.29, 1.82) is 5.26 Å². The lowest BCUT2D eigenvalue weighted by molar-refractivity contribution is 1.01. The number of benzene rings is 1. The van der Waals surface area contributed by atoms with Crippen molar-refractivity contribution in [3.05, 3.63) is 47.8 Å². The third-order valence-electron chi connectivity index (χ3n) is 2.54. The summed E-state index contributed by atoms with van der Waals surface area (Å²) in [6.45, 7) is 4.62. The average Bonchev–Trinajstić information content (AvgIpc) is 2.47. The van der Waals surface area contributed by atoms with Crippen molar-refractivity contribution in [2.45, 2.75) is 13.8 Å². The summed E-state index contributed by atoms with van der Waals surface area (Å²) in [5, 5.41) is 15.1. The molecule has 0 fully saturated rings. The summed E-state index contributed by atoms with van der Waals surface area (Å²) in [6.07, 6.45) is 2.01. The Morgan fingerprint density at radius 2 is 1.86 bits per heavy atom. The van der Waals surface area contributed by atoms with Gasteiger partial charge in [0.15, 0.2) is 0 Å². The number of para-hydroxylation sites is 1. The van der Waals surface area contributed by atoms with E-state index in [1.54, 1.807) is 0 Å². The van der Waals surface area contributed by atoms with Crippen LogP contribution in [0.2, 0.25) is 0 Å². The van der Waals surface area contributed by atoms with Crippen LogP contribution in [0.25, 0.3) is 0 Å². The van der Waals surface area contributed by atoms with Gasteiger partial charge in [0.1, 0.15) is 6.07 Å². The SMILES string of the molecule is CC(C)=CCNc1nc(C#N)nc(Nc2ccccc2)n1. The van der Waals surface area contributed by atoms with E-state index in [0.29, 0.717) is 18.4 Å². The van der Waals surface area contributed by atoms with Gasteiger partial charge in [-0.15, -0.1) is 0 Å². The summed E-state index contributed by atoms with van der Waals surface area (Å²) < 4.78 is 0. The molecule has 0 saturated carbocycles. The van der Waals surface area contributed by atoms with E-state index in [9.17, 15) is 0 Å². The van der Waals surface area contributed by atoms with Gasteiger partial charge in [0.25, 0.3) is 0 Å². The lowest BCUT2D eigenvalue weighted by Crippen LogP contribution is -2.08. The van der Waals surface area contributed by atoms with Crippen LogP contribution >= 0.6 is 0 Å². The molecule has 106 valence electrons. The molecular weight excluding hydrogens is 264 g/mol. The number of nitriles is 1. The maximum atomic E-state index is 9.00. The second-order valence-corrected chi connectivity index (χ2v) is 4.57. The Morgan fingerprint density at radius 1 is 1.14 bits per heavy atom. The third-order valence-corrected chi connectivity index (χ3v) is 2.54. The predicted octanol–water partition coefficient (Wildman–Crippen LogP) is 2.86. The largest absolute Gasteiger partial charge is 0.351 e. The summed E-state index contributed by atoms with van der Waals surface area (Å²) in [5.74, 6) is 0.785. The van der Waals surface area contributed by atoms with Gasteiger partial charge in [-0.05, 0) is 26.0 Å². The molecule has 0 aliphatic rings. The van der Waals surface area contributed by atoms with Crippen LogP contribution in [0.1, 0.15) is 19.7 Å².